The Bertz CT molecular complexity index is 556. The lowest BCUT2D eigenvalue weighted by Crippen LogP contribution is -2.42. The number of carbonyl (C=O) groups excluding carboxylic acids is 1. The van der Waals surface area contributed by atoms with Crippen molar-refractivity contribution in [3.8, 4) is 0 Å². The SMILES string of the molecule is CC(C)(CNC(=O)[C@@H]1CC[C@H](C(=O)O)O1)c1ccc(Br)cc1. The number of hydrogen-bond acceptors (Lipinski definition) is 3. The Labute approximate surface area is 138 Å². The molecule has 1 aromatic rings. The van der Waals surface area contributed by atoms with Crippen molar-refractivity contribution in [2.45, 2.75) is 44.3 Å². The summed E-state index contributed by atoms with van der Waals surface area (Å²) in [6.07, 6.45) is -0.706. The smallest absolute Gasteiger partial charge is 0.332 e. The van der Waals surface area contributed by atoms with Crippen LogP contribution in [-0.2, 0) is 19.7 Å². The van der Waals surface area contributed by atoms with Gasteiger partial charge in [0.25, 0.3) is 0 Å². The van der Waals surface area contributed by atoms with Gasteiger partial charge in [-0.3, -0.25) is 4.79 Å². The van der Waals surface area contributed by atoms with E-state index in [1.54, 1.807) is 0 Å². The van der Waals surface area contributed by atoms with E-state index in [0.29, 0.717) is 19.4 Å². The van der Waals surface area contributed by atoms with Crippen LogP contribution in [-0.4, -0.2) is 35.7 Å². The Morgan fingerprint density at radius 3 is 2.41 bits per heavy atom. The van der Waals surface area contributed by atoms with Crippen molar-refractivity contribution in [3.05, 3.63) is 34.3 Å². The van der Waals surface area contributed by atoms with Crippen LogP contribution in [0.25, 0.3) is 0 Å². The van der Waals surface area contributed by atoms with E-state index in [2.05, 4.69) is 21.2 Å². The van der Waals surface area contributed by atoms with Crippen molar-refractivity contribution < 1.29 is 19.4 Å². The third-order valence-electron chi connectivity index (χ3n) is 3.92. The number of ether oxygens (including phenoxy) is 1. The number of rotatable bonds is 5. The maximum Gasteiger partial charge on any atom is 0.332 e. The summed E-state index contributed by atoms with van der Waals surface area (Å²) >= 11 is 3.40. The first kappa shape index (κ1) is 17.0. The van der Waals surface area contributed by atoms with Gasteiger partial charge in [0.05, 0.1) is 0 Å². The van der Waals surface area contributed by atoms with Gasteiger partial charge < -0.3 is 15.2 Å². The molecule has 1 heterocycles. The number of amides is 1. The topological polar surface area (TPSA) is 75.6 Å². The molecule has 6 heteroatoms. The molecule has 2 atom stereocenters. The van der Waals surface area contributed by atoms with Crippen LogP contribution >= 0.6 is 15.9 Å². The average molecular weight is 370 g/mol. The van der Waals surface area contributed by atoms with Crippen LogP contribution in [0.3, 0.4) is 0 Å². The molecule has 0 spiro atoms. The molecule has 0 saturated carbocycles. The number of nitrogens with one attached hydrogen (secondary N) is 1. The Hall–Kier alpha value is -1.40. The molecule has 5 nitrogen and oxygen atoms in total. The van der Waals surface area contributed by atoms with Crippen molar-refractivity contribution in [2.75, 3.05) is 6.54 Å². The van der Waals surface area contributed by atoms with E-state index in [1.807, 2.05) is 38.1 Å². The molecule has 0 unspecified atom stereocenters. The Morgan fingerprint density at radius 2 is 1.86 bits per heavy atom. The standard InChI is InChI=1S/C16H20BrNO4/c1-16(2,10-3-5-11(17)6-4-10)9-18-14(19)12-7-8-13(22-12)15(20)21/h3-6,12-13H,7-9H2,1-2H3,(H,18,19)(H,20,21)/t12-,13+/m0/s1. The van der Waals surface area contributed by atoms with Gasteiger partial charge >= 0.3 is 5.97 Å². The van der Waals surface area contributed by atoms with E-state index in [9.17, 15) is 9.59 Å². The first-order valence-corrected chi connectivity index (χ1v) is 8.01. The maximum atomic E-state index is 12.1. The number of carboxylic acid groups (broad SMARTS) is 1. The van der Waals surface area contributed by atoms with Gasteiger partial charge in [0.1, 0.15) is 6.10 Å². The highest BCUT2D eigenvalue weighted by Crippen LogP contribution is 2.25. The van der Waals surface area contributed by atoms with Crippen LogP contribution in [0.5, 0.6) is 0 Å². The average Bonchev–Trinajstić information content (AvgIpc) is 2.95. The van der Waals surface area contributed by atoms with Crippen molar-refractivity contribution in [3.63, 3.8) is 0 Å². The van der Waals surface area contributed by atoms with Crippen molar-refractivity contribution in [1.82, 2.24) is 5.32 Å². The van der Waals surface area contributed by atoms with Gasteiger partial charge in [0, 0.05) is 16.4 Å². The molecular weight excluding hydrogens is 350 g/mol. The zero-order chi connectivity index (χ0) is 16.3. The maximum absolute atomic E-state index is 12.1. The fourth-order valence-corrected chi connectivity index (χ4v) is 2.70. The molecule has 120 valence electrons. The lowest BCUT2D eigenvalue weighted by Gasteiger charge is -2.26. The van der Waals surface area contributed by atoms with Crippen LogP contribution in [0.4, 0.5) is 0 Å². The molecule has 22 heavy (non-hydrogen) atoms. The summed E-state index contributed by atoms with van der Waals surface area (Å²) in [6, 6.07) is 7.97. The van der Waals surface area contributed by atoms with Gasteiger partial charge in [-0.15, -0.1) is 0 Å². The Kier molecular flexibility index (Phi) is 5.24. The summed E-state index contributed by atoms with van der Waals surface area (Å²) in [6.45, 7) is 4.56. The third-order valence-corrected chi connectivity index (χ3v) is 4.45. The highest BCUT2D eigenvalue weighted by Gasteiger charge is 2.35. The minimum absolute atomic E-state index is 0.221. The van der Waals surface area contributed by atoms with Gasteiger partial charge in [-0.25, -0.2) is 4.79 Å². The second kappa shape index (κ2) is 6.79. The monoisotopic (exact) mass is 369 g/mol. The fraction of sp³-hybridized carbons (Fsp3) is 0.500. The minimum atomic E-state index is -1.01. The van der Waals surface area contributed by atoms with Crippen LogP contribution in [0.2, 0.25) is 0 Å². The van der Waals surface area contributed by atoms with E-state index in [4.69, 9.17) is 9.84 Å². The summed E-state index contributed by atoms with van der Waals surface area (Å²) in [5, 5.41) is 11.8. The second-order valence-corrected chi connectivity index (χ2v) is 7.05. The molecule has 1 aliphatic heterocycles. The van der Waals surface area contributed by atoms with Crippen LogP contribution in [0.1, 0.15) is 32.3 Å². The highest BCUT2D eigenvalue weighted by atomic mass is 79.9. The molecule has 1 aliphatic rings. The van der Waals surface area contributed by atoms with Crippen LogP contribution < -0.4 is 5.32 Å². The predicted molar refractivity (Wildman–Crippen MR) is 85.7 cm³/mol. The minimum Gasteiger partial charge on any atom is -0.479 e. The summed E-state index contributed by atoms with van der Waals surface area (Å²) in [5.74, 6) is -1.25. The van der Waals surface area contributed by atoms with Crippen LogP contribution in [0, 0.1) is 0 Å². The number of carboxylic acids is 1. The van der Waals surface area contributed by atoms with Gasteiger partial charge in [-0.2, -0.15) is 0 Å². The highest BCUT2D eigenvalue weighted by molar-refractivity contribution is 9.10. The summed E-state index contributed by atoms with van der Waals surface area (Å²) in [4.78, 5) is 22.9. The van der Waals surface area contributed by atoms with E-state index in [-0.39, 0.29) is 11.3 Å². The number of hydrogen-bond donors (Lipinski definition) is 2. The van der Waals surface area contributed by atoms with Gasteiger partial charge in [0.2, 0.25) is 5.91 Å². The Morgan fingerprint density at radius 1 is 1.27 bits per heavy atom. The first-order chi connectivity index (χ1) is 10.3. The lowest BCUT2D eigenvalue weighted by atomic mass is 9.84. The van der Waals surface area contributed by atoms with Gasteiger partial charge in [-0.05, 0) is 30.5 Å². The van der Waals surface area contributed by atoms with Crippen molar-refractivity contribution in [2.24, 2.45) is 0 Å². The lowest BCUT2D eigenvalue weighted by molar-refractivity contribution is -0.151. The molecule has 0 bridgehead atoms. The molecule has 1 saturated heterocycles. The summed E-state index contributed by atoms with van der Waals surface area (Å²) in [7, 11) is 0. The third kappa shape index (κ3) is 4.08. The zero-order valence-electron chi connectivity index (χ0n) is 12.6. The molecular formula is C16H20BrNO4. The normalized spacial score (nSPS) is 21.6. The van der Waals surface area contributed by atoms with E-state index in [1.165, 1.54) is 0 Å². The largest absolute Gasteiger partial charge is 0.479 e. The van der Waals surface area contributed by atoms with E-state index < -0.39 is 18.2 Å². The number of aliphatic carboxylic acids is 1. The molecule has 0 aromatic heterocycles. The number of carbonyl (C=O) groups is 2. The zero-order valence-corrected chi connectivity index (χ0v) is 14.2. The molecule has 1 amide bonds. The van der Waals surface area contributed by atoms with Gasteiger partial charge in [0.15, 0.2) is 6.10 Å². The number of benzene rings is 1. The van der Waals surface area contributed by atoms with Gasteiger partial charge in [-0.1, -0.05) is 41.9 Å². The number of halogens is 1. The molecule has 2 rings (SSSR count). The van der Waals surface area contributed by atoms with E-state index in [0.717, 1.165) is 10.0 Å². The first-order valence-electron chi connectivity index (χ1n) is 7.21. The predicted octanol–water partition coefficient (Wildman–Crippen LogP) is 2.48. The molecule has 2 N–H and O–H groups in total. The van der Waals surface area contributed by atoms with E-state index >= 15 is 0 Å². The molecule has 1 fully saturated rings. The Balaban J connectivity index is 1.90. The second-order valence-electron chi connectivity index (χ2n) is 6.14. The van der Waals surface area contributed by atoms with Crippen LogP contribution in [0.15, 0.2) is 28.7 Å². The summed E-state index contributed by atoms with van der Waals surface area (Å²) < 4.78 is 6.26. The van der Waals surface area contributed by atoms with Crippen molar-refractivity contribution in [1.29, 1.82) is 0 Å². The van der Waals surface area contributed by atoms with Crippen molar-refractivity contribution >= 4 is 27.8 Å². The molecule has 1 aromatic carbocycles. The molecule has 0 radical (unpaired) electrons. The summed E-state index contributed by atoms with van der Waals surface area (Å²) in [5.41, 5.74) is 0.896. The molecule has 0 aliphatic carbocycles. The quantitative estimate of drug-likeness (QED) is 0.835. The fourth-order valence-electron chi connectivity index (χ4n) is 2.44.